The van der Waals surface area contributed by atoms with Crippen molar-refractivity contribution in [1.82, 2.24) is 0 Å². The SMILES string of the molecule is CC(C)Oc1ccc(NC(C)C2CC3C=CC2C3)cc1. The third-order valence-corrected chi connectivity index (χ3v) is 4.59. The Morgan fingerprint density at radius 2 is 1.80 bits per heavy atom. The van der Waals surface area contributed by atoms with E-state index in [1.807, 2.05) is 0 Å². The highest BCUT2D eigenvalue weighted by Crippen LogP contribution is 2.45. The van der Waals surface area contributed by atoms with Gasteiger partial charge in [0.25, 0.3) is 0 Å². The van der Waals surface area contributed by atoms with Crippen LogP contribution in [0.2, 0.25) is 0 Å². The largest absolute Gasteiger partial charge is 0.491 e. The van der Waals surface area contributed by atoms with Crippen LogP contribution in [0.1, 0.15) is 33.6 Å². The Morgan fingerprint density at radius 1 is 1.05 bits per heavy atom. The maximum Gasteiger partial charge on any atom is 0.119 e. The van der Waals surface area contributed by atoms with Crippen LogP contribution in [-0.4, -0.2) is 12.1 Å². The summed E-state index contributed by atoms with van der Waals surface area (Å²) in [6.45, 7) is 6.42. The van der Waals surface area contributed by atoms with Crippen molar-refractivity contribution < 1.29 is 4.74 Å². The molecule has 2 nitrogen and oxygen atoms in total. The van der Waals surface area contributed by atoms with Crippen LogP contribution < -0.4 is 10.1 Å². The maximum atomic E-state index is 5.68. The van der Waals surface area contributed by atoms with Crippen LogP contribution in [0.5, 0.6) is 5.75 Å². The molecule has 0 amide bonds. The predicted molar refractivity (Wildman–Crippen MR) is 84.1 cm³/mol. The Kier molecular flexibility index (Phi) is 3.73. The fourth-order valence-corrected chi connectivity index (χ4v) is 3.67. The summed E-state index contributed by atoms with van der Waals surface area (Å²) >= 11 is 0. The second kappa shape index (κ2) is 5.51. The van der Waals surface area contributed by atoms with Gasteiger partial charge in [-0.15, -0.1) is 0 Å². The van der Waals surface area contributed by atoms with E-state index in [4.69, 9.17) is 4.74 Å². The lowest BCUT2D eigenvalue weighted by atomic mass is 9.87. The topological polar surface area (TPSA) is 21.3 Å². The number of nitrogens with one attached hydrogen (secondary N) is 1. The molecule has 0 aliphatic heterocycles. The standard InChI is InChI=1S/C18H25NO/c1-12(2)20-17-8-6-16(7-9-17)19-13(3)18-11-14-4-5-15(18)10-14/h4-9,12-15,18-19H,10-11H2,1-3H3. The lowest BCUT2D eigenvalue weighted by molar-refractivity contribution is 0.242. The van der Waals surface area contributed by atoms with E-state index in [0.29, 0.717) is 6.04 Å². The molecular weight excluding hydrogens is 246 g/mol. The van der Waals surface area contributed by atoms with Gasteiger partial charge in [-0.3, -0.25) is 0 Å². The van der Waals surface area contributed by atoms with Crippen molar-refractivity contribution in [2.45, 2.75) is 45.8 Å². The molecule has 4 unspecified atom stereocenters. The quantitative estimate of drug-likeness (QED) is 0.797. The number of ether oxygens (including phenoxy) is 1. The molecule has 1 aromatic carbocycles. The third kappa shape index (κ3) is 2.84. The lowest BCUT2D eigenvalue weighted by Crippen LogP contribution is -2.28. The minimum atomic E-state index is 0.230. The van der Waals surface area contributed by atoms with Gasteiger partial charge in [0.05, 0.1) is 6.10 Å². The summed E-state index contributed by atoms with van der Waals surface area (Å²) in [6.07, 6.45) is 7.79. The fraction of sp³-hybridized carbons (Fsp3) is 0.556. The van der Waals surface area contributed by atoms with Gasteiger partial charge in [-0.05, 0) is 75.6 Å². The van der Waals surface area contributed by atoms with Crippen LogP contribution in [0.15, 0.2) is 36.4 Å². The van der Waals surface area contributed by atoms with Gasteiger partial charge >= 0.3 is 0 Å². The van der Waals surface area contributed by atoms with Crippen molar-refractivity contribution in [3.63, 3.8) is 0 Å². The smallest absolute Gasteiger partial charge is 0.119 e. The molecule has 0 saturated heterocycles. The number of anilines is 1. The van der Waals surface area contributed by atoms with E-state index in [-0.39, 0.29) is 6.10 Å². The molecule has 4 atom stereocenters. The van der Waals surface area contributed by atoms with Gasteiger partial charge in [-0.25, -0.2) is 0 Å². The molecule has 1 saturated carbocycles. The number of hydrogen-bond acceptors (Lipinski definition) is 2. The average Bonchev–Trinajstić information content (AvgIpc) is 3.03. The van der Waals surface area contributed by atoms with Crippen LogP contribution in [0, 0.1) is 17.8 Å². The number of fused-ring (bicyclic) bond motifs is 2. The van der Waals surface area contributed by atoms with E-state index in [0.717, 1.165) is 23.5 Å². The zero-order valence-electron chi connectivity index (χ0n) is 12.7. The molecule has 2 aliphatic rings. The molecule has 1 fully saturated rings. The normalized spacial score (nSPS) is 28.9. The van der Waals surface area contributed by atoms with Crippen molar-refractivity contribution in [3.05, 3.63) is 36.4 Å². The monoisotopic (exact) mass is 271 g/mol. The zero-order valence-corrected chi connectivity index (χ0v) is 12.7. The molecule has 0 radical (unpaired) electrons. The highest BCUT2D eigenvalue weighted by molar-refractivity contribution is 5.47. The summed E-state index contributed by atoms with van der Waals surface area (Å²) in [5.74, 6) is 3.37. The molecule has 2 heteroatoms. The van der Waals surface area contributed by atoms with Crippen molar-refractivity contribution in [1.29, 1.82) is 0 Å². The number of benzene rings is 1. The molecule has 3 rings (SSSR count). The van der Waals surface area contributed by atoms with Crippen molar-refractivity contribution in [2.75, 3.05) is 5.32 Å². The Labute approximate surface area is 122 Å². The molecule has 0 spiro atoms. The molecule has 1 aromatic rings. The molecular formula is C18H25NO. The van der Waals surface area contributed by atoms with E-state index in [2.05, 4.69) is 62.5 Å². The van der Waals surface area contributed by atoms with Gasteiger partial charge < -0.3 is 10.1 Å². The van der Waals surface area contributed by atoms with Crippen LogP contribution in [0.4, 0.5) is 5.69 Å². The summed E-state index contributed by atoms with van der Waals surface area (Å²) in [5.41, 5.74) is 1.19. The fourth-order valence-electron chi connectivity index (χ4n) is 3.67. The first-order valence-corrected chi connectivity index (χ1v) is 7.83. The van der Waals surface area contributed by atoms with Gasteiger partial charge in [-0.2, -0.15) is 0 Å². The molecule has 2 aliphatic carbocycles. The Hall–Kier alpha value is -1.44. The molecule has 2 bridgehead atoms. The van der Waals surface area contributed by atoms with Crippen LogP contribution >= 0.6 is 0 Å². The minimum absolute atomic E-state index is 0.230. The predicted octanol–water partition coefficient (Wildman–Crippen LogP) is 4.49. The first-order chi connectivity index (χ1) is 9.61. The van der Waals surface area contributed by atoms with E-state index < -0.39 is 0 Å². The summed E-state index contributed by atoms with van der Waals surface area (Å²) in [5, 5.41) is 3.66. The summed E-state index contributed by atoms with van der Waals surface area (Å²) < 4.78 is 5.68. The van der Waals surface area contributed by atoms with Crippen LogP contribution in [-0.2, 0) is 0 Å². The minimum Gasteiger partial charge on any atom is -0.491 e. The number of allylic oxidation sites excluding steroid dienone is 2. The molecule has 0 aromatic heterocycles. The van der Waals surface area contributed by atoms with Crippen molar-refractivity contribution in [2.24, 2.45) is 17.8 Å². The van der Waals surface area contributed by atoms with E-state index >= 15 is 0 Å². The van der Waals surface area contributed by atoms with Crippen molar-refractivity contribution >= 4 is 5.69 Å². The summed E-state index contributed by atoms with van der Waals surface area (Å²) in [4.78, 5) is 0. The van der Waals surface area contributed by atoms with Gasteiger partial charge in [-0.1, -0.05) is 12.2 Å². The van der Waals surface area contributed by atoms with Crippen LogP contribution in [0.3, 0.4) is 0 Å². The van der Waals surface area contributed by atoms with E-state index in [1.54, 1.807) is 0 Å². The highest BCUT2D eigenvalue weighted by Gasteiger charge is 2.38. The Bertz CT molecular complexity index is 477. The van der Waals surface area contributed by atoms with Crippen LogP contribution in [0.25, 0.3) is 0 Å². The van der Waals surface area contributed by atoms with Gasteiger partial charge in [0.15, 0.2) is 0 Å². The first kappa shape index (κ1) is 13.5. The first-order valence-electron chi connectivity index (χ1n) is 7.83. The van der Waals surface area contributed by atoms with Crippen molar-refractivity contribution in [3.8, 4) is 5.75 Å². The lowest BCUT2D eigenvalue weighted by Gasteiger charge is -2.27. The van der Waals surface area contributed by atoms with Gasteiger partial charge in [0.2, 0.25) is 0 Å². The summed E-state index contributed by atoms with van der Waals surface area (Å²) in [7, 11) is 0. The average molecular weight is 271 g/mol. The second-order valence-corrected chi connectivity index (χ2v) is 6.57. The molecule has 1 N–H and O–H groups in total. The molecule has 0 heterocycles. The van der Waals surface area contributed by atoms with Gasteiger partial charge in [0.1, 0.15) is 5.75 Å². The maximum absolute atomic E-state index is 5.68. The Balaban J connectivity index is 1.58. The molecule has 20 heavy (non-hydrogen) atoms. The Morgan fingerprint density at radius 3 is 2.35 bits per heavy atom. The van der Waals surface area contributed by atoms with E-state index in [9.17, 15) is 0 Å². The zero-order chi connectivity index (χ0) is 14.1. The second-order valence-electron chi connectivity index (χ2n) is 6.57. The number of rotatable bonds is 5. The highest BCUT2D eigenvalue weighted by atomic mass is 16.5. The number of hydrogen-bond donors (Lipinski definition) is 1. The third-order valence-electron chi connectivity index (χ3n) is 4.59. The van der Waals surface area contributed by atoms with E-state index in [1.165, 1.54) is 18.5 Å². The summed E-state index contributed by atoms with van der Waals surface area (Å²) in [6, 6.07) is 8.88. The molecule has 108 valence electrons. The van der Waals surface area contributed by atoms with Gasteiger partial charge in [0, 0.05) is 11.7 Å².